The highest BCUT2D eigenvalue weighted by Crippen LogP contribution is 2.36. The van der Waals surface area contributed by atoms with E-state index in [1.54, 1.807) is 0 Å². The van der Waals surface area contributed by atoms with Crippen LogP contribution in [-0.2, 0) is 6.18 Å². The Balaban J connectivity index is 0.00000288. The molecule has 0 atom stereocenters. The first-order valence-electron chi connectivity index (χ1n) is 7.07. The number of aliphatic imine (C=N–C) groups is 2. The van der Waals surface area contributed by atoms with Gasteiger partial charge in [-0.05, 0) is 37.5 Å². The zero-order valence-corrected chi connectivity index (χ0v) is 15.5. The lowest BCUT2D eigenvalue weighted by molar-refractivity contribution is -0.137. The quantitative estimate of drug-likeness (QED) is 0.533. The van der Waals surface area contributed by atoms with Gasteiger partial charge in [0.1, 0.15) is 0 Å². The standard InChI is InChI=1S/C14H17ClF3N5.2ClH/c15-11-5-4-9(8-10(11)14(16,17)18)21-12(19)22-13(20)23-6-2-1-3-7-23;;/h4-5,8H,1-3,6-7H2,(H4,19,20,21,22);2*1H. The molecule has 5 nitrogen and oxygen atoms in total. The third-order valence-electron chi connectivity index (χ3n) is 3.41. The molecule has 1 aromatic carbocycles. The monoisotopic (exact) mass is 419 g/mol. The highest BCUT2D eigenvalue weighted by molar-refractivity contribution is 6.31. The number of nitrogens with two attached hydrogens (primary N) is 2. The minimum Gasteiger partial charge on any atom is -0.369 e. The van der Waals surface area contributed by atoms with Gasteiger partial charge >= 0.3 is 6.18 Å². The Bertz CT molecular complexity index is 629. The first kappa shape index (κ1) is 23.6. The number of guanidine groups is 2. The summed E-state index contributed by atoms with van der Waals surface area (Å²) < 4.78 is 38.4. The fourth-order valence-electron chi connectivity index (χ4n) is 2.27. The second-order valence-corrected chi connectivity index (χ2v) is 5.56. The Labute approximate surface area is 161 Å². The van der Waals surface area contributed by atoms with Crippen LogP contribution < -0.4 is 11.5 Å². The van der Waals surface area contributed by atoms with Crippen molar-refractivity contribution in [2.45, 2.75) is 25.4 Å². The van der Waals surface area contributed by atoms with Crippen molar-refractivity contribution in [3.63, 3.8) is 0 Å². The van der Waals surface area contributed by atoms with Crippen molar-refractivity contribution in [3.8, 4) is 0 Å². The van der Waals surface area contributed by atoms with Crippen LogP contribution in [0.25, 0.3) is 0 Å². The molecule has 0 radical (unpaired) electrons. The summed E-state index contributed by atoms with van der Waals surface area (Å²) in [5.41, 5.74) is 10.5. The molecule has 1 saturated heterocycles. The van der Waals surface area contributed by atoms with Crippen LogP contribution in [0.2, 0.25) is 5.02 Å². The van der Waals surface area contributed by atoms with Crippen molar-refractivity contribution in [1.29, 1.82) is 0 Å². The van der Waals surface area contributed by atoms with Crippen LogP contribution >= 0.6 is 36.4 Å². The van der Waals surface area contributed by atoms with Gasteiger partial charge < -0.3 is 16.4 Å². The molecule has 1 aromatic rings. The molecule has 1 heterocycles. The minimum absolute atomic E-state index is 0. The van der Waals surface area contributed by atoms with Gasteiger partial charge in [-0.1, -0.05) is 11.6 Å². The summed E-state index contributed by atoms with van der Waals surface area (Å²) in [5.74, 6) is 0.0134. The lowest BCUT2D eigenvalue weighted by Crippen LogP contribution is -2.41. The second kappa shape index (κ2) is 9.94. The number of alkyl halides is 3. The van der Waals surface area contributed by atoms with Crippen LogP contribution in [0.1, 0.15) is 24.8 Å². The molecule has 25 heavy (non-hydrogen) atoms. The summed E-state index contributed by atoms with van der Waals surface area (Å²) in [6, 6.07) is 3.27. The minimum atomic E-state index is -4.56. The summed E-state index contributed by atoms with van der Waals surface area (Å²) in [5, 5.41) is -0.397. The average Bonchev–Trinajstić information content (AvgIpc) is 2.49. The third kappa shape index (κ3) is 6.80. The normalized spacial score (nSPS) is 16.1. The Hall–Kier alpha value is -1.38. The fourth-order valence-corrected chi connectivity index (χ4v) is 2.49. The van der Waals surface area contributed by atoms with Crippen LogP contribution in [0, 0.1) is 0 Å². The van der Waals surface area contributed by atoms with E-state index in [0.717, 1.165) is 44.5 Å². The van der Waals surface area contributed by atoms with E-state index < -0.39 is 16.8 Å². The second-order valence-electron chi connectivity index (χ2n) is 5.15. The molecule has 4 N–H and O–H groups in total. The number of hydrogen-bond acceptors (Lipinski definition) is 1. The maximum Gasteiger partial charge on any atom is 0.417 e. The van der Waals surface area contributed by atoms with Gasteiger partial charge in [-0.3, -0.25) is 0 Å². The molecule has 2 rings (SSSR count). The van der Waals surface area contributed by atoms with E-state index in [2.05, 4.69) is 9.98 Å². The lowest BCUT2D eigenvalue weighted by atomic mass is 10.1. The molecular formula is C14H19Cl3F3N5. The average molecular weight is 421 g/mol. The number of piperidine rings is 1. The Morgan fingerprint density at radius 1 is 1.08 bits per heavy atom. The molecule has 0 saturated carbocycles. The molecule has 1 aliphatic heterocycles. The molecule has 0 unspecified atom stereocenters. The number of benzene rings is 1. The summed E-state index contributed by atoms with van der Waals surface area (Å²) in [4.78, 5) is 9.66. The maximum absolute atomic E-state index is 12.8. The van der Waals surface area contributed by atoms with E-state index in [1.165, 1.54) is 6.07 Å². The van der Waals surface area contributed by atoms with E-state index in [0.29, 0.717) is 0 Å². The zero-order chi connectivity index (χ0) is 17.0. The van der Waals surface area contributed by atoms with Gasteiger partial charge in [-0.25, -0.2) is 4.99 Å². The molecule has 0 spiro atoms. The zero-order valence-electron chi connectivity index (χ0n) is 13.1. The number of likely N-dealkylation sites (tertiary alicyclic amines) is 1. The predicted molar refractivity (Wildman–Crippen MR) is 99.3 cm³/mol. The highest BCUT2D eigenvalue weighted by Gasteiger charge is 2.33. The smallest absolute Gasteiger partial charge is 0.369 e. The molecule has 0 bridgehead atoms. The number of rotatable bonds is 1. The number of nitrogens with zero attached hydrogens (tertiary/aromatic N) is 3. The molecule has 11 heteroatoms. The van der Waals surface area contributed by atoms with Crippen LogP contribution in [0.15, 0.2) is 28.2 Å². The molecule has 0 amide bonds. The summed E-state index contributed by atoms with van der Waals surface area (Å²) in [6.07, 6.45) is -1.40. The van der Waals surface area contributed by atoms with Crippen LogP contribution in [0.5, 0.6) is 0 Å². The van der Waals surface area contributed by atoms with Gasteiger partial charge in [0.2, 0.25) is 5.96 Å². The lowest BCUT2D eigenvalue weighted by Gasteiger charge is -2.27. The van der Waals surface area contributed by atoms with Crippen LogP contribution in [0.4, 0.5) is 18.9 Å². The first-order valence-corrected chi connectivity index (χ1v) is 7.45. The van der Waals surface area contributed by atoms with Crippen molar-refractivity contribution >= 4 is 54.0 Å². The molecule has 0 aromatic heterocycles. The van der Waals surface area contributed by atoms with E-state index >= 15 is 0 Å². The summed E-state index contributed by atoms with van der Waals surface area (Å²) >= 11 is 5.55. The fraction of sp³-hybridized carbons (Fsp3) is 0.429. The number of hydrogen-bond donors (Lipinski definition) is 2. The van der Waals surface area contributed by atoms with E-state index in [1.807, 2.05) is 4.90 Å². The predicted octanol–water partition coefficient (Wildman–Crippen LogP) is 3.95. The van der Waals surface area contributed by atoms with E-state index in [-0.39, 0.29) is 42.4 Å². The van der Waals surface area contributed by atoms with Gasteiger partial charge in [0.25, 0.3) is 0 Å². The van der Waals surface area contributed by atoms with Gasteiger partial charge in [0, 0.05) is 13.1 Å². The summed E-state index contributed by atoms with van der Waals surface area (Å²) in [6.45, 7) is 1.56. The van der Waals surface area contributed by atoms with Crippen molar-refractivity contribution in [1.82, 2.24) is 4.90 Å². The highest BCUT2D eigenvalue weighted by atomic mass is 35.5. The third-order valence-corrected chi connectivity index (χ3v) is 3.74. The molecule has 1 fully saturated rings. The summed E-state index contributed by atoms with van der Waals surface area (Å²) in [7, 11) is 0. The van der Waals surface area contributed by atoms with Crippen molar-refractivity contribution < 1.29 is 13.2 Å². The van der Waals surface area contributed by atoms with Crippen LogP contribution in [-0.4, -0.2) is 29.9 Å². The van der Waals surface area contributed by atoms with Crippen molar-refractivity contribution in [3.05, 3.63) is 28.8 Å². The van der Waals surface area contributed by atoms with E-state index in [4.69, 9.17) is 23.1 Å². The SMILES string of the molecule is Cl.Cl.NC(=Nc1ccc(Cl)c(C(F)(F)F)c1)/N=C(/N)N1CCCCC1. The number of halogens is 6. The van der Waals surface area contributed by atoms with Gasteiger partial charge in [-0.15, -0.1) is 24.8 Å². The molecule has 1 aliphatic rings. The Morgan fingerprint density at radius 2 is 1.68 bits per heavy atom. The van der Waals surface area contributed by atoms with Gasteiger partial charge in [-0.2, -0.15) is 18.2 Å². The topological polar surface area (TPSA) is 80.0 Å². The van der Waals surface area contributed by atoms with Gasteiger partial charge in [0.05, 0.1) is 16.3 Å². The first-order chi connectivity index (χ1) is 10.8. The van der Waals surface area contributed by atoms with Crippen molar-refractivity contribution in [2.24, 2.45) is 21.5 Å². The Kier molecular flexibility index (Phi) is 9.39. The van der Waals surface area contributed by atoms with E-state index in [9.17, 15) is 13.2 Å². The maximum atomic E-state index is 12.8. The van der Waals surface area contributed by atoms with Gasteiger partial charge in [0.15, 0.2) is 5.96 Å². The molecular weight excluding hydrogens is 402 g/mol. The molecule has 0 aliphatic carbocycles. The Morgan fingerprint density at radius 3 is 2.24 bits per heavy atom. The van der Waals surface area contributed by atoms with Crippen LogP contribution in [0.3, 0.4) is 0 Å². The largest absolute Gasteiger partial charge is 0.417 e. The molecule has 142 valence electrons. The van der Waals surface area contributed by atoms with Crippen molar-refractivity contribution in [2.75, 3.05) is 13.1 Å².